The standard InChI is InChI=1S/C23H21F3N4O5/c1-29(12-18(31)27-16-8-4-2-6-14(16)23(24,25)26)19(32)13-30-20(33)22(28-21(30)34)10-11-35-17-9-5-3-7-15(17)22/h2-9H,10-13H2,1H3,(H,27,31)(H,28,34)/t22-/m0/s1. The number of para-hydroxylation sites is 2. The number of nitrogens with one attached hydrogen (secondary N) is 2. The van der Waals surface area contributed by atoms with Gasteiger partial charge >= 0.3 is 12.2 Å². The van der Waals surface area contributed by atoms with Crippen molar-refractivity contribution in [3.63, 3.8) is 0 Å². The minimum absolute atomic E-state index is 0.177. The molecule has 2 heterocycles. The van der Waals surface area contributed by atoms with Crippen LogP contribution in [0.15, 0.2) is 48.5 Å². The Balaban J connectivity index is 1.42. The summed E-state index contributed by atoms with van der Waals surface area (Å²) in [4.78, 5) is 52.5. The van der Waals surface area contributed by atoms with Crippen LogP contribution in [0.25, 0.3) is 0 Å². The molecule has 184 valence electrons. The van der Waals surface area contributed by atoms with Crippen LogP contribution in [-0.4, -0.2) is 60.3 Å². The largest absolute Gasteiger partial charge is 0.493 e. The lowest BCUT2D eigenvalue weighted by Gasteiger charge is -2.33. The fourth-order valence-corrected chi connectivity index (χ4v) is 4.10. The molecule has 1 atom stereocenters. The maximum Gasteiger partial charge on any atom is 0.418 e. The summed E-state index contributed by atoms with van der Waals surface area (Å²) >= 11 is 0. The number of rotatable bonds is 5. The van der Waals surface area contributed by atoms with E-state index in [0.29, 0.717) is 11.3 Å². The Labute approximate surface area is 197 Å². The SMILES string of the molecule is CN(CC(=O)Nc1ccccc1C(F)(F)F)C(=O)CN1C(=O)N[C@]2(CCOc3ccccc32)C1=O. The molecular formula is C23H21F3N4O5. The molecule has 5 amide bonds. The summed E-state index contributed by atoms with van der Waals surface area (Å²) in [5.74, 6) is -1.79. The minimum atomic E-state index is -4.67. The number of hydrogen-bond acceptors (Lipinski definition) is 5. The van der Waals surface area contributed by atoms with Gasteiger partial charge in [0.1, 0.15) is 12.3 Å². The molecular weight excluding hydrogens is 469 g/mol. The van der Waals surface area contributed by atoms with E-state index < -0.39 is 59.8 Å². The highest BCUT2D eigenvalue weighted by Crippen LogP contribution is 2.41. The Morgan fingerprint density at radius 1 is 1.14 bits per heavy atom. The first-order valence-electron chi connectivity index (χ1n) is 10.6. The third kappa shape index (κ3) is 4.51. The zero-order chi connectivity index (χ0) is 25.4. The first-order chi connectivity index (χ1) is 16.5. The van der Waals surface area contributed by atoms with Crippen LogP contribution >= 0.6 is 0 Å². The molecule has 2 N–H and O–H groups in total. The lowest BCUT2D eigenvalue weighted by Crippen LogP contribution is -2.48. The van der Waals surface area contributed by atoms with Gasteiger partial charge in [0.05, 0.1) is 24.4 Å². The topological polar surface area (TPSA) is 108 Å². The van der Waals surface area contributed by atoms with Gasteiger partial charge in [0.25, 0.3) is 5.91 Å². The number of fused-ring (bicyclic) bond motifs is 2. The summed E-state index contributed by atoms with van der Waals surface area (Å²) in [6, 6.07) is 10.4. The highest BCUT2D eigenvalue weighted by Gasteiger charge is 2.55. The van der Waals surface area contributed by atoms with Crippen LogP contribution in [0.2, 0.25) is 0 Å². The first-order valence-corrected chi connectivity index (χ1v) is 10.6. The molecule has 1 spiro atoms. The van der Waals surface area contributed by atoms with Gasteiger partial charge in [0.15, 0.2) is 5.54 Å². The number of ether oxygens (including phenoxy) is 1. The summed E-state index contributed by atoms with van der Waals surface area (Å²) < 4.78 is 45.0. The van der Waals surface area contributed by atoms with Gasteiger partial charge in [0.2, 0.25) is 11.8 Å². The second kappa shape index (κ2) is 8.93. The number of nitrogens with zero attached hydrogens (tertiary/aromatic N) is 2. The van der Waals surface area contributed by atoms with Crippen molar-refractivity contribution in [2.24, 2.45) is 0 Å². The van der Waals surface area contributed by atoms with E-state index in [9.17, 15) is 32.3 Å². The summed E-state index contributed by atoms with van der Waals surface area (Å²) in [7, 11) is 1.25. The van der Waals surface area contributed by atoms with E-state index in [4.69, 9.17) is 4.74 Å². The van der Waals surface area contributed by atoms with Crippen LogP contribution in [0.1, 0.15) is 17.5 Å². The molecule has 0 radical (unpaired) electrons. The minimum Gasteiger partial charge on any atom is -0.493 e. The molecule has 0 bridgehead atoms. The van der Waals surface area contributed by atoms with Crippen molar-refractivity contribution in [3.8, 4) is 5.75 Å². The Kier molecular flexibility index (Phi) is 6.14. The summed E-state index contributed by atoms with van der Waals surface area (Å²) in [5, 5.41) is 4.81. The summed E-state index contributed by atoms with van der Waals surface area (Å²) in [5.41, 5.74) is -2.34. The number of anilines is 1. The van der Waals surface area contributed by atoms with Crippen molar-refractivity contribution in [2.75, 3.05) is 32.1 Å². The quantitative estimate of drug-likeness (QED) is 0.626. The number of hydrogen-bond donors (Lipinski definition) is 2. The smallest absolute Gasteiger partial charge is 0.418 e. The molecule has 0 saturated carbocycles. The van der Waals surface area contributed by atoms with E-state index in [2.05, 4.69) is 10.6 Å². The van der Waals surface area contributed by atoms with Gasteiger partial charge in [-0.05, 0) is 18.2 Å². The molecule has 2 aliphatic heterocycles. The average Bonchev–Trinajstić information content (AvgIpc) is 3.03. The predicted octanol–water partition coefficient (Wildman–Crippen LogP) is 2.33. The lowest BCUT2D eigenvalue weighted by molar-refractivity contribution is -0.140. The molecule has 12 heteroatoms. The van der Waals surface area contributed by atoms with Gasteiger partial charge in [-0.3, -0.25) is 19.3 Å². The highest BCUT2D eigenvalue weighted by molar-refractivity contribution is 6.10. The summed E-state index contributed by atoms with van der Waals surface area (Å²) in [6.07, 6.45) is -4.50. The van der Waals surface area contributed by atoms with Crippen molar-refractivity contribution < 1.29 is 37.1 Å². The number of halogens is 3. The molecule has 35 heavy (non-hydrogen) atoms. The molecule has 2 aliphatic rings. The highest BCUT2D eigenvalue weighted by atomic mass is 19.4. The molecule has 1 saturated heterocycles. The van der Waals surface area contributed by atoms with Crippen molar-refractivity contribution in [2.45, 2.75) is 18.1 Å². The Morgan fingerprint density at radius 3 is 2.57 bits per heavy atom. The molecule has 9 nitrogen and oxygen atoms in total. The van der Waals surface area contributed by atoms with E-state index in [1.54, 1.807) is 24.3 Å². The second-order valence-electron chi connectivity index (χ2n) is 8.16. The van der Waals surface area contributed by atoms with E-state index in [1.165, 1.54) is 19.2 Å². The van der Waals surface area contributed by atoms with E-state index in [1.807, 2.05) is 0 Å². The average molecular weight is 490 g/mol. The normalized spacial score (nSPS) is 19.1. The van der Waals surface area contributed by atoms with Gasteiger partial charge in [0, 0.05) is 19.0 Å². The van der Waals surface area contributed by atoms with Crippen LogP contribution in [0.5, 0.6) is 5.75 Å². The fraction of sp³-hybridized carbons (Fsp3) is 0.304. The van der Waals surface area contributed by atoms with Gasteiger partial charge in [-0.1, -0.05) is 30.3 Å². The van der Waals surface area contributed by atoms with Gasteiger partial charge in [-0.25, -0.2) is 4.79 Å². The van der Waals surface area contributed by atoms with E-state index in [0.717, 1.165) is 21.9 Å². The fourth-order valence-electron chi connectivity index (χ4n) is 4.10. The maximum atomic E-state index is 13.2. The maximum absolute atomic E-state index is 13.2. The van der Waals surface area contributed by atoms with Crippen LogP contribution in [0, 0.1) is 0 Å². The monoisotopic (exact) mass is 490 g/mol. The van der Waals surface area contributed by atoms with Crippen molar-refractivity contribution in [3.05, 3.63) is 59.7 Å². The van der Waals surface area contributed by atoms with Crippen LogP contribution < -0.4 is 15.4 Å². The number of carbonyl (C=O) groups is 4. The molecule has 4 rings (SSSR count). The zero-order valence-electron chi connectivity index (χ0n) is 18.5. The molecule has 2 aromatic rings. The van der Waals surface area contributed by atoms with Gasteiger partial charge < -0.3 is 20.3 Å². The molecule has 0 unspecified atom stereocenters. The van der Waals surface area contributed by atoms with Crippen molar-refractivity contribution in [1.82, 2.24) is 15.1 Å². The molecule has 1 fully saturated rings. The number of carbonyl (C=O) groups excluding carboxylic acids is 4. The number of benzene rings is 2. The number of amides is 5. The number of likely N-dealkylation sites (N-methyl/N-ethyl adjacent to an activating group) is 1. The van der Waals surface area contributed by atoms with Crippen LogP contribution in [-0.2, 0) is 26.1 Å². The Bertz CT molecular complexity index is 1200. The zero-order valence-corrected chi connectivity index (χ0v) is 18.5. The van der Waals surface area contributed by atoms with E-state index in [-0.39, 0.29) is 13.0 Å². The molecule has 2 aromatic carbocycles. The number of urea groups is 1. The van der Waals surface area contributed by atoms with Gasteiger partial charge in [-0.2, -0.15) is 13.2 Å². The second-order valence-corrected chi connectivity index (χ2v) is 8.16. The summed E-state index contributed by atoms with van der Waals surface area (Å²) in [6.45, 7) is -1.04. The molecule has 0 aromatic heterocycles. The Morgan fingerprint density at radius 2 is 1.83 bits per heavy atom. The third-order valence-electron chi connectivity index (χ3n) is 5.86. The van der Waals surface area contributed by atoms with Crippen LogP contribution in [0.4, 0.5) is 23.7 Å². The van der Waals surface area contributed by atoms with Crippen molar-refractivity contribution >= 4 is 29.4 Å². The van der Waals surface area contributed by atoms with Crippen LogP contribution in [0.3, 0.4) is 0 Å². The number of alkyl halides is 3. The first kappa shape index (κ1) is 24.0. The van der Waals surface area contributed by atoms with E-state index >= 15 is 0 Å². The predicted molar refractivity (Wildman–Crippen MR) is 116 cm³/mol. The van der Waals surface area contributed by atoms with Crippen molar-refractivity contribution in [1.29, 1.82) is 0 Å². The third-order valence-corrected chi connectivity index (χ3v) is 5.86. The Hall–Kier alpha value is -4.09. The lowest BCUT2D eigenvalue weighted by atomic mass is 9.84. The number of imide groups is 1. The molecule has 0 aliphatic carbocycles. The van der Waals surface area contributed by atoms with Gasteiger partial charge in [-0.15, -0.1) is 0 Å².